The minimum absolute atomic E-state index is 0.00655. The topological polar surface area (TPSA) is 72.5 Å². The number of hydrogen-bond acceptors (Lipinski definition) is 4. The zero-order valence-electron chi connectivity index (χ0n) is 17.9. The Labute approximate surface area is 168 Å². The lowest BCUT2D eigenvalue weighted by Crippen LogP contribution is -2.60. The van der Waals surface area contributed by atoms with Gasteiger partial charge in [-0.25, -0.2) is 0 Å². The summed E-state index contributed by atoms with van der Waals surface area (Å²) in [5.74, 6) is 0.905. The van der Waals surface area contributed by atoms with E-state index < -0.39 is 11.4 Å². The Kier molecular flexibility index (Phi) is 4.48. The summed E-state index contributed by atoms with van der Waals surface area (Å²) in [6, 6.07) is 0. The molecule has 0 aromatic carbocycles. The molecule has 4 rings (SSSR count). The first-order valence-corrected chi connectivity index (χ1v) is 11.0. The number of ether oxygens (including phenoxy) is 1. The van der Waals surface area contributed by atoms with E-state index >= 15 is 0 Å². The van der Waals surface area contributed by atoms with E-state index in [1.807, 2.05) is 0 Å². The Bertz CT molecular complexity index is 719. The molecule has 0 aromatic rings. The summed E-state index contributed by atoms with van der Waals surface area (Å²) in [7, 11) is 1.34. The number of methoxy groups -OCH3 is 1. The molecule has 0 heterocycles. The van der Waals surface area contributed by atoms with Gasteiger partial charge in [0.15, 0.2) is 0 Å². The van der Waals surface area contributed by atoms with Crippen molar-refractivity contribution in [2.75, 3.05) is 13.7 Å². The standard InChI is InChI=1S/C23H35NO4/c1-20-10-6-16-21(2)8-5-9-22(3,19(27)24-13-18(26)28-4)15(21)7-11-23(16,14-20)12-17(20)25/h15-16H,5-14H2,1-4H3,(H,24,27)/t15-,16-,20-,21+,22+,23-/m0/s1. The molecule has 0 aliphatic heterocycles. The van der Waals surface area contributed by atoms with E-state index in [-0.39, 0.29) is 28.7 Å². The molecule has 28 heavy (non-hydrogen) atoms. The van der Waals surface area contributed by atoms with Gasteiger partial charge in [0, 0.05) is 17.3 Å². The number of hydrogen-bond donors (Lipinski definition) is 1. The molecule has 4 saturated carbocycles. The fraction of sp³-hybridized carbons (Fsp3) is 0.870. The van der Waals surface area contributed by atoms with Gasteiger partial charge >= 0.3 is 5.97 Å². The predicted octanol–water partition coefficient (Wildman–Crippen LogP) is 3.65. The van der Waals surface area contributed by atoms with Crippen molar-refractivity contribution in [3.63, 3.8) is 0 Å². The van der Waals surface area contributed by atoms with Crippen LogP contribution in [0.2, 0.25) is 0 Å². The molecular weight excluding hydrogens is 354 g/mol. The summed E-state index contributed by atoms with van der Waals surface area (Å²) >= 11 is 0. The number of Topliss-reactive ketones (excluding diaryl/α,β-unsaturated/α-hetero) is 1. The Morgan fingerprint density at radius 2 is 1.79 bits per heavy atom. The van der Waals surface area contributed by atoms with Crippen LogP contribution in [-0.4, -0.2) is 31.3 Å². The highest BCUT2D eigenvalue weighted by Crippen LogP contribution is 2.72. The molecule has 6 atom stereocenters. The second-order valence-electron chi connectivity index (χ2n) is 10.9. The van der Waals surface area contributed by atoms with Crippen LogP contribution in [0.1, 0.15) is 78.6 Å². The number of fused-ring (bicyclic) bond motifs is 3. The number of rotatable bonds is 3. The maximum Gasteiger partial charge on any atom is 0.325 e. The predicted molar refractivity (Wildman–Crippen MR) is 105 cm³/mol. The average molecular weight is 390 g/mol. The van der Waals surface area contributed by atoms with Gasteiger partial charge in [-0.3, -0.25) is 14.4 Å². The first-order chi connectivity index (χ1) is 13.1. The van der Waals surface area contributed by atoms with Crippen molar-refractivity contribution in [1.82, 2.24) is 5.32 Å². The van der Waals surface area contributed by atoms with Crippen molar-refractivity contribution in [3.8, 4) is 0 Å². The van der Waals surface area contributed by atoms with Crippen molar-refractivity contribution < 1.29 is 19.1 Å². The van der Waals surface area contributed by atoms with Gasteiger partial charge < -0.3 is 10.1 Å². The monoisotopic (exact) mass is 389 g/mol. The molecule has 5 heteroatoms. The highest BCUT2D eigenvalue weighted by molar-refractivity contribution is 5.88. The molecule has 5 nitrogen and oxygen atoms in total. The molecule has 1 N–H and O–H groups in total. The zero-order valence-corrected chi connectivity index (χ0v) is 17.9. The van der Waals surface area contributed by atoms with Crippen molar-refractivity contribution >= 4 is 17.7 Å². The van der Waals surface area contributed by atoms with Gasteiger partial charge in [-0.1, -0.05) is 27.2 Å². The van der Waals surface area contributed by atoms with Crippen molar-refractivity contribution in [3.05, 3.63) is 0 Å². The quantitative estimate of drug-likeness (QED) is 0.748. The van der Waals surface area contributed by atoms with Gasteiger partial charge in [0.25, 0.3) is 0 Å². The van der Waals surface area contributed by atoms with Crippen LogP contribution in [0.3, 0.4) is 0 Å². The van der Waals surface area contributed by atoms with Crippen LogP contribution >= 0.6 is 0 Å². The second-order valence-corrected chi connectivity index (χ2v) is 10.9. The number of nitrogens with one attached hydrogen (secondary N) is 1. The molecule has 1 spiro atoms. The van der Waals surface area contributed by atoms with E-state index in [4.69, 9.17) is 0 Å². The second kappa shape index (κ2) is 6.30. The van der Waals surface area contributed by atoms with E-state index in [9.17, 15) is 14.4 Å². The third-order valence-electron chi connectivity index (χ3n) is 9.50. The Balaban J connectivity index is 1.61. The fourth-order valence-electron chi connectivity index (χ4n) is 8.20. The highest BCUT2D eigenvalue weighted by atomic mass is 16.5. The fourth-order valence-corrected chi connectivity index (χ4v) is 8.20. The minimum atomic E-state index is -0.452. The number of esters is 1. The van der Waals surface area contributed by atoms with Crippen LogP contribution in [0.25, 0.3) is 0 Å². The molecule has 4 aliphatic carbocycles. The van der Waals surface area contributed by atoms with Gasteiger partial charge in [0.1, 0.15) is 12.3 Å². The molecule has 0 unspecified atom stereocenters. The van der Waals surface area contributed by atoms with Crippen LogP contribution in [0.15, 0.2) is 0 Å². The first kappa shape index (κ1) is 19.9. The van der Waals surface area contributed by atoms with Crippen molar-refractivity contribution in [1.29, 1.82) is 0 Å². The van der Waals surface area contributed by atoms with E-state index in [1.54, 1.807) is 0 Å². The average Bonchev–Trinajstić information content (AvgIpc) is 2.82. The van der Waals surface area contributed by atoms with Gasteiger partial charge in [0.2, 0.25) is 5.91 Å². The smallest absolute Gasteiger partial charge is 0.325 e. The van der Waals surface area contributed by atoms with Crippen LogP contribution in [0.4, 0.5) is 0 Å². The Hall–Kier alpha value is -1.39. The van der Waals surface area contributed by atoms with Gasteiger partial charge in [-0.2, -0.15) is 0 Å². The van der Waals surface area contributed by atoms with E-state index in [2.05, 4.69) is 30.8 Å². The summed E-state index contributed by atoms with van der Waals surface area (Å²) in [5.41, 5.74) is -0.294. The summed E-state index contributed by atoms with van der Waals surface area (Å²) in [6.07, 6.45) is 9.07. The van der Waals surface area contributed by atoms with Gasteiger partial charge in [-0.05, 0) is 67.6 Å². The first-order valence-electron chi connectivity index (χ1n) is 11.0. The SMILES string of the molecule is COC(=O)CNC(=O)[C@]1(C)CCC[C@@]2(C)[C@@H]3CC[C@@]4(C)C[C@]3(CC[C@@H]21)CC4=O. The van der Waals surface area contributed by atoms with E-state index in [0.717, 1.165) is 57.8 Å². The third-order valence-corrected chi connectivity index (χ3v) is 9.50. The van der Waals surface area contributed by atoms with Gasteiger partial charge in [0.05, 0.1) is 7.11 Å². The molecular formula is C23H35NO4. The largest absolute Gasteiger partial charge is 0.468 e. The molecule has 1 amide bonds. The van der Waals surface area contributed by atoms with Crippen LogP contribution < -0.4 is 5.32 Å². The van der Waals surface area contributed by atoms with E-state index in [0.29, 0.717) is 17.6 Å². The number of ketones is 1. The Morgan fingerprint density at radius 1 is 1.07 bits per heavy atom. The molecule has 2 bridgehead atoms. The van der Waals surface area contributed by atoms with Crippen LogP contribution in [0, 0.1) is 33.5 Å². The number of carbonyl (C=O) groups is 3. The summed E-state index contributed by atoms with van der Waals surface area (Å²) < 4.78 is 4.68. The molecule has 156 valence electrons. The van der Waals surface area contributed by atoms with Gasteiger partial charge in [-0.15, -0.1) is 0 Å². The molecule has 0 aromatic heterocycles. The van der Waals surface area contributed by atoms with E-state index in [1.165, 1.54) is 7.11 Å². The lowest BCUT2D eigenvalue weighted by molar-refractivity contribution is -0.170. The minimum Gasteiger partial charge on any atom is -0.468 e. The van der Waals surface area contributed by atoms with Crippen molar-refractivity contribution in [2.45, 2.75) is 78.6 Å². The molecule has 0 saturated heterocycles. The third kappa shape index (κ3) is 2.60. The number of carbonyl (C=O) groups excluding carboxylic acids is 3. The lowest BCUT2D eigenvalue weighted by atomic mass is 9.40. The maximum atomic E-state index is 13.2. The maximum absolute atomic E-state index is 13.2. The normalized spacial score (nSPS) is 47.1. The Morgan fingerprint density at radius 3 is 2.50 bits per heavy atom. The van der Waals surface area contributed by atoms with Crippen LogP contribution in [0.5, 0.6) is 0 Å². The summed E-state index contributed by atoms with van der Waals surface area (Å²) in [5, 5.41) is 2.84. The number of amides is 1. The molecule has 4 fully saturated rings. The van der Waals surface area contributed by atoms with Crippen LogP contribution in [-0.2, 0) is 19.1 Å². The molecule has 0 radical (unpaired) electrons. The molecule has 4 aliphatic rings. The zero-order chi connectivity index (χ0) is 20.4. The lowest BCUT2D eigenvalue weighted by Gasteiger charge is -2.64. The van der Waals surface area contributed by atoms with Crippen molar-refractivity contribution in [2.24, 2.45) is 33.5 Å². The highest BCUT2D eigenvalue weighted by Gasteiger charge is 2.67. The summed E-state index contributed by atoms with van der Waals surface area (Å²) in [4.78, 5) is 37.5. The summed E-state index contributed by atoms with van der Waals surface area (Å²) in [6.45, 7) is 6.63.